The van der Waals surface area contributed by atoms with Crippen LogP contribution in [0.1, 0.15) is 48.9 Å². The molecule has 3 rings (SSSR count). The van der Waals surface area contributed by atoms with Crippen molar-refractivity contribution in [3.8, 4) is 5.75 Å². The van der Waals surface area contributed by atoms with Gasteiger partial charge in [0.1, 0.15) is 5.75 Å². The molecule has 2 amide bonds. The molecule has 6 nitrogen and oxygen atoms in total. The first-order chi connectivity index (χ1) is 12.1. The summed E-state index contributed by atoms with van der Waals surface area (Å²) in [5.74, 6) is -0.252. The molecule has 0 bridgehead atoms. The van der Waals surface area contributed by atoms with Crippen LogP contribution in [0.25, 0.3) is 0 Å². The summed E-state index contributed by atoms with van der Waals surface area (Å²) in [5.41, 5.74) is 0.843. The lowest BCUT2D eigenvalue weighted by Crippen LogP contribution is -3.13. The third kappa shape index (κ3) is 5.35. The highest BCUT2D eigenvalue weighted by atomic mass is 35.5. The van der Waals surface area contributed by atoms with Crippen LogP contribution in [-0.2, 0) is 4.79 Å². The van der Waals surface area contributed by atoms with Gasteiger partial charge in [0, 0.05) is 24.8 Å². The van der Waals surface area contributed by atoms with Crippen molar-refractivity contribution < 1.29 is 32.0 Å². The smallest absolute Gasteiger partial charge is 0.279 e. The number of hydrogen-bond acceptors (Lipinski definition) is 3. The van der Waals surface area contributed by atoms with Gasteiger partial charge >= 0.3 is 0 Å². The number of phenols is 1. The highest BCUT2D eigenvalue weighted by Gasteiger charge is 2.22. The number of quaternary nitrogens is 1. The largest absolute Gasteiger partial charge is 1.00 e. The van der Waals surface area contributed by atoms with Crippen molar-refractivity contribution >= 4 is 17.5 Å². The molecule has 2 saturated heterocycles. The predicted molar refractivity (Wildman–Crippen MR) is 95.9 cm³/mol. The van der Waals surface area contributed by atoms with Gasteiger partial charge in [0.15, 0.2) is 6.54 Å². The molecule has 26 heavy (non-hydrogen) atoms. The van der Waals surface area contributed by atoms with Crippen molar-refractivity contribution in [2.24, 2.45) is 0 Å². The minimum Gasteiger partial charge on any atom is -1.00 e. The van der Waals surface area contributed by atoms with Crippen molar-refractivity contribution in [1.29, 1.82) is 0 Å². The molecule has 144 valence electrons. The molecule has 0 atom stereocenters. The molecule has 2 heterocycles. The second-order valence-electron chi connectivity index (χ2n) is 7.12. The second kappa shape index (κ2) is 9.78. The van der Waals surface area contributed by atoms with Crippen LogP contribution in [0.15, 0.2) is 18.2 Å². The van der Waals surface area contributed by atoms with Gasteiger partial charge in [0.25, 0.3) is 11.8 Å². The Morgan fingerprint density at radius 2 is 1.69 bits per heavy atom. The molecule has 2 aliphatic heterocycles. The maximum Gasteiger partial charge on any atom is 0.279 e. The van der Waals surface area contributed by atoms with E-state index in [1.807, 2.05) is 0 Å². The molecule has 0 saturated carbocycles. The van der Waals surface area contributed by atoms with Gasteiger partial charge in [-0.1, -0.05) is 0 Å². The lowest BCUT2D eigenvalue weighted by Gasteiger charge is -2.27. The summed E-state index contributed by atoms with van der Waals surface area (Å²) in [4.78, 5) is 27.8. The summed E-state index contributed by atoms with van der Waals surface area (Å²) in [5, 5.41) is 13.1. The van der Waals surface area contributed by atoms with Crippen molar-refractivity contribution in [3.63, 3.8) is 0 Å². The molecule has 0 aliphatic carbocycles. The SMILES string of the molecule is O=C(C[NH+]1CCCCC1)Nc1ccc(C(=O)N2CCCCC2)c(O)c1.[Cl-]. The molecular formula is C19H28ClN3O3. The fraction of sp³-hybridized carbons (Fsp3) is 0.579. The average molecular weight is 382 g/mol. The van der Waals surface area contributed by atoms with Gasteiger partial charge < -0.3 is 32.6 Å². The Labute approximate surface area is 161 Å². The molecule has 0 aromatic heterocycles. The quantitative estimate of drug-likeness (QED) is 0.566. The van der Waals surface area contributed by atoms with Crippen molar-refractivity contribution in [2.75, 3.05) is 38.0 Å². The third-order valence-electron chi connectivity index (χ3n) is 5.13. The van der Waals surface area contributed by atoms with Gasteiger partial charge in [-0.15, -0.1) is 0 Å². The normalized spacial score (nSPS) is 18.1. The van der Waals surface area contributed by atoms with E-state index in [1.54, 1.807) is 17.0 Å². The molecule has 7 heteroatoms. The number of nitrogens with one attached hydrogen (secondary N) is 2. The topological polar surface area (TPSA) is 74.1 Å². The predicted octanol–water partition coefficient (Wildman–Crippen LogP) is -1.97. The lowest BCUT2D eigenvalue weighted by atomic mass is 10.1. The number of anilines is 1. The average Bonchev–Trinajstić information content (AvgIpc) is 2.63. The third-order valence-corrected chi connectivity index (χ3v) is 5.13. The zero-order chi connectivity index (χ0) is 17.6. The van der Waals surface area contributed by atoms with Crippen LogP contribution < -0.4 is 22.6 Å². The zero-order valence-corrected chi connectivity index (χ0v) is 15.9. The first-order valence-corrected chi connectivity index (χ1v) is 9.39. The van der Waals surface area contributed by atoms with E-state index in [0.29, 0.717) is 17.8 Å². The number of rotatable bonds is 4. The van der Waals surface area contributed by atoms with E-state index in [1.165, 1.54) is 30.2 Å². The zero-order valence-electron chi connectivity index (χ0n) is 15.1. The van der Waals surface area contributed by atoms with Gasteiger partial charge in [-0.3, -0.25) is 9.59 Å². The van der Waals surface area contributed by atoms with Crippen LogP contribution in [0, 0.1) is 0 Å². The summed E-state index contributed by atoms with van der Waals surface area (Å²) < 4.78 is 0. The van der Waals surface area contributed by atoms with Gasteiger partial charge in [-0.05, 0) is 50.7 Å². The van der Waals surface area contributed by atoms with Crippen LogP contribution in [0.4, 0.5) is 5.69 Å². The fourth-order valence-electron chi connectivity index (χ4n) is 3.72. The Morgan fingerprint density at radius 3 is 2.35 bits per heavy atom. The summed E-state index contributed by atoms with van der Waals surface area (Å²) in [6.45, 7) is 4.03. The number of halogens is 1. The van der Waals surface area contributed by atoms with Gasteiger partial charge in [0.2, 0.25) is 0 Å². The molecule has 0 spiro atoms. The number of aromatic hydroxyl groups is 1. The van der Waals surface area contributed by atoms with Crippen LogP contribution >= 0.6 is 0 Å². The number of carbonyl (C=O) groups is 2. The highest BCUT2D eigenvalue weighted by Crippen LogP contribution is 2.24. The number of amides is 2. The van der Waals surface area contributed by atoms with Crippen LogP contribution in [0.3, 0.4) is 0 Å². The maximum atomic E-state index is 12.5. The Balaban J connectivity index is 0.00000243. The van der Waals surface area contributed by atoms with Gasteiger partial charge in [-0.25, -0.2) is 0 Å². The summed E-state index contributed by atoms with van der Waals surface area (Å²) in [6.07, 6.45) is 6.79. The van der Waals surface area contributed by atoms with E-state index < -0.39 is 0 Å². The fourth-order valence-corrected chi connectivity index (χ4v) is 3.72. The van der Waals surface area contributed by atoms with Gasteiger partial charge in [0.05, 0.1) is 18.7 Å². The van der Waals surface area contributed by atoms with E-state index in [9.17, 15) is 14.7 Å². The minimum absolute atomic E-state index is 0. The first kappa shape index (κ1) is 20.5. The van der Waals surface area contributed by atoms with Crippen molar-refractivity contribution in [2.45, 2.75) is 38.5 Å². The standard InChI is InChI=1S/C19H27N3O3.ClH/c23-17-13-15(20-18(24)14-21-9-3-1-4-10-21)7-8-16(17)19(25)22-11-5-2-6-12-22;/h7-8,13,23H,1-6,9-12,14H2,(H,20,24);1H. The minimum atomic E-state index is -0.132. The monoisotopic (exact) mass is 381 g/mol. The van der Waals surface area contributed by atoms with Crippen molar-refractivity contribution in [1.82, 2.24) is 4.90 Å². The Bertz CT molecular complexity index is 626. The van der Waals surface area contributed by atoms with E-state index in [4.69, 9.17) is 0 Å². The lowest BCUT2D eigenvalue weighted by molar-refractivity contribution is -0.896. The number of nitrogens with zero attached hydrogens (tertiary/aromatic N) is 1. The number of benzene rings is 1. The van der Waals surface area contributed by atoms with Crippen molar-refractivity contribution in [3.05, 3.63) is 23.8 Å². The summed E-state index contributed by atoms with van der Waals surface area (Å²) in [7, 11) is 0. The summed E-state index contributed by atoms with van der Waals surface area (Å²) in [6, 6.07) is 4.77. The first-order valence-electron chi connectivity index (χ1n) is 9.39. The Kier molecular flexibility index (Phi) is 7.72. The molecular weight excluding hydrogens is 354 g/mol. The molecule has 3 N–H and O–H groups in total. The van der Waals surface area contributed by atoms with Crippen LogP contribution in [0.2, 0.25) is 0 Å². The van der Waals surface area contributed by atoms with E-state index in [0.717, 1.165) is 45.4 Å². The molecule has 1 aromatic carbocycles. The van der Waals surface area contributed by atoms with Crippen LogP contribution in [-0.4, -0.2) is 54.5 Å². The molecule has 1 aromatic rings. The van der Waals surface area contributed by atoms with Crippen LogP contribution in [0.5, 0.6) is 5.75 Å². The van der Waals surface area contributed by atoms with E-state index >= 15 is 0 Å². The summed E-state index contributed by atoms with van der Waals surface area (Å²) >= 11 is 0. The highest BCUT2D eigenvalue weighted by molar-refractivity contribution is 5.98. The molecule has 2 aliphatic rings. The Hall–Kier alpha value is -1.79. The van der Waals surface area contributed by atoms with Gasteiger partial charge in [-0.2, -0.15) is 0 Å². The number of piperidine rings is 2. The number of likely N-dealkylation sites (tertiary alicyclic amines) is 2. The number of carbonyl (C=O) groups excluding carboxylic acids is 2. The molecule has 2 fully saturated rings. The number of hydrogen-bond donors (Lipinski definition) is 3. The van der Waals surface area contributed by atoms with E-state index in [2.05, 4.69) is 5.32 Å². The second-order valence-corrected chi connectivity index (χ2v) is 7.12. The molecule has 0 radical (unpaired) electrons. The Morgan fingerprint density at radius 1 is 1.04 bits per heavy atom. The molecule has 0 unspecified atom stereocenters. The maximum absolute atomic E-state index is 12.5. The van der Waals surface area contributed by atoms with E-state index in [-0.39, 0.29) is 30.0 Å². The number of phenolic OH excluding ortho intramolecular Hbond substituents is 1.